The maximum absolute atomic E-state index is 13.7. The van der Waals surface area contributed by atoms with E-state index in [1.807, 2.05) is 11.9 Å². The number of benzene rings is 1. The van der Waals surface area contributed by atoms with Crippen molar-refractivity contribution >= 4 is 0 Å². The highest BCUT2D eigenvalue weighted by atomic mass is 19.1. The van der Waals surface area contributed by atoms with E-state index in [1.54, 1.807) is 12.3 Å². The molecule has 22 heavy (non-hydrogen) atoms. The summed E-state index contributed by atoms with van der Waals surface area (Å²) in [6.07, 6.45) is 3.42. The van der Waals surface area contributed by atoms with Gasteiger partial charge in [0.05, 0.1) is 11.8 Å². The standard InChI is InChI=1S/C16H19F2N3O/c1-20(10-15(22)11-5-6-11)9-12-7-8-21(19-12)16-13(17)3-2-4-14(16)18/h2-4,7-8,11,15,22H,5-6,9-10H2,1H3. The van der Waals surface area contributed by atoms with E-state index < -0.39 is 11.6 Å². The number of aliphatic hydroxyl groups excluding tert-OH is 1. The SMILES string of the molecule is CN(Cc1ccn(-c2c(F)cccc2F)n1)CC(O)C1CC1. The lowest BCUT2D eigenvalue weighted by atomic mass is 10.2. The molecule has 0 aliphatic heterocycles. The molecule has 0 radical (unpaired) electrons. The van der Waals surface area contributed by atoms with E-state index in [1.165, 1.54) is 22.9 Å². The van der Waals surface area contributed by atoms with Crippen LogP contribution in [0.25, 0.3) is 5.69 Å². The van der Waals surface area contributed by atoms with Crippen molar-refractivity contribution in [1.82, 2.24) is 14.7 Å². The summed E-state index contributed by atoms with van der Waals surface area (Å²) >= 11 is 0. The minimum Gasteiger partial charge on any atom is -0.392 e. The van der Waals surface area contributed by atoms with Gasteiger partial charge in [0.2, 0.25) is 0 Å². The summed E-state index contributed by atoms with van der Waals surface area (Å²) in [6, 6.07) is 5.47. The van der Waals surface area contributed by atoms with Crippen LogP contribution in [0.1, 0.15) is 18.5 Å². The molecule has 0 spiro atoms. The van der Waals surface area contributed by atoms with Crippen LogP contribution in [0.2, 0.25) is 0 Å². The molecule has 1 heterocycles. The van der Waals surface area contributed by atoms with Gasteiger partial charge in [0.25, 0.3) is 0 Å². The number of hydrogen-bond donors (Lipinski definition) is 1. The number of hydrogen-bond acceptors (Lipinski definition) is 3. The number of aliphatic hydroxyl groups is 1. The highest BCUT2D eigenvalue weighted by molar-refractivity contribution is 5.34. The van der Waals surface area contributed by atoms with E-state index in [9.17, 15) is 13.9 Å². The van der Waals surface area contributed by atoms with Crippen molar-refractivity contribution in [2.45, 2.75) is 25.5 Å². The summed E-state index contributed by atoms with van der Waals surface area (Å²) < 4.78 is 28.7. The van der Waals surface area contributed by atoms with Crippen LogP contribution in [0.4, 0.5) is 8.78 Å². The largest absolute Gasteiger partial charge is 0.392 e. The summed E-state index contributed by atoms with van der Waals surface area (Å²) in [7, 11) is 1.90. The number of halogens is 2. The summed E-state index contributed by atoms with van der Waals surface area (Å²) in [5, 5.41) is 14.2. The van der Waals surface area contributed by atoms with Crippen molar-refractivity contribution in [2.24, 2.45) is 5.92 Å². The van der Waals surface area contributed by atoms with E-state index in [-0.39, 0.29) is 11.8 Å². The summed E-state index contributed by atoms with van der Waals surface area (Å²) in [6.45, 7) is 1.10. The Balaban J connectivity index is 1.68. The van der Waals surface area contributed by atoms with Crippen molar-refractivity contribution in [2.75, 3.05) is 13.6 Å². The molecule has 1 aromatic carbocycles. The molecule has 6 heteroatoms. The third-order valence-electron chi connectivity index (χ3n) is 3.91. The first-order valence-corrected chi connectivity index (χ1v) is 7.40. The number of aromatic nitrogens is 2. The van der Waals surface area contributed by atoms with Crippen molar-refractivity contribution in [3.05, 3.63) is 47.8 Å². The molecule has 2 aromatic rings. The quantitative estimate of drug-likeness (QED) is 0.891. The number of nitrogens with zero attached hydrogens (tertiary/aromatic N) is 3. The van der Waals surface area contributed by atoms with Crippen LogP contribution in [-0.4, -0.2) is 39.5 Å². The van der Waals surface area contributed by atoms with Gasteiger partial charge in [-0.25, -0.2) is 13.5 Å². The van der Waals surface area contributed by atoms with E-state index >= 15 is 0 Å². The molecule has 3 rings (SSSR count). The molecule has 118 valence electrons. The third-order valence-corrected chi connectivity index (χ3v) is 3.91. The maximum Gasteiger partial charge on any atom is 0.151 e. The second-order valence-electron chi connectivity index (χ2n) is 5.92. The van der Waals surface area contributed by atoms with E-state index in [2.05, 4.69) is 5.10 Å². The highest BCUT2D eigenvalue weighted by Gasteiger charge is 2.30. The fourth-order valence-corrected chi connectivity index (χ4v) is 2.57. The topological polar surface area (TPSA) is 41.3 Å². The van der Waals surface area contributed by atoms with Gasteiger partial charge in [-0.3, -0.25) is 4.90 Å². The van der Waals surface area contributed by atoms with Crippen molar-refractivity contribution in [3.63, 3.8) is 0 Å². The van der Waals surface area contributed by atoms with E-state index in [0.717, 1.165) is 12.8 Å². The Morgan fingerprint density at radius 2 is 2.00 bits per heavy atom. The molecular weight excluding hydrogens is 288 g/mol. The first kappa shape index (κ1) is 15.1. The molecule has 1 N–H and O–H groups in total. The molecule has 1 aliphatic rings. The zero-order valence-corrected chi connectivity index (χ0v) is 12.4. The van der Waals surface area contributed by atoms with Crippen molar-refractivity contribution in [3.8, 4) is 5.69 Å². The lowest BCUT2D eigenvalue weighted by molar-refractivity contribution is 0.103. The van der Waals surface area contributed by atoms with E-state index in [4.69, 9.17) is 0 Å². The molecule has 1 aliphatic carbocycles. The van der Waals surface area contributed by atoms with E-state index in [0.29, 0.717) is 24.7 Å². The fraction of sp³-hybridized carbons (Fsp3) is 0.438. The van der Waals surface area contributed by atoms with Crippen LogP contribution in [0.3, 0.4) is 0 Å². The van der Waals surface area contributed by atoms with Gasteiger partial charge in [-0.05, 0) is 44.0 Å². The minimum absolute atomic E-state index is 0.172. The zero-order valence-electron chi connectivity index (χ0n) is 12.4. The van der Waals surface area contributed by atoms with Gasteiger partial charge in [0, 0.05) is 19.3 Å². The van der Waals surface area contributed by atoms with Crippen LogP contribution < -0.4 is 0 Å². The number of rotatable bonds is 6. The normalized spacial score (nSPS) is 16.2. The van der Waals surface area contributed by atoms with Crippen LogP contribution in [0, 0.1) is 17.6 Å². The van der Waals surface area contributed by atoms with Crippen LogP contribution in [0.15, 0.2) is 30.5 Å². The summed E-state index contributed by atoms with van der Waals surface area (Å²) in [5.41, 5.74) is 0.530. The first-order chi connectivity index (χ1) is 10.5. The Morgan fingerprint density at radius 1 is 1.32 bits per heavy atom. The Labute approximate surface area is 128 Å². The Morgan fingerprint density at radius 3 is 2.64 bits per heavy atom. The van der Waals surface area contributed by atoms with Crippen LogP contribution >= 0.6 is 0 Å². The maximum atomic E-state index is 13.7. The van der Waals surface area contributed by atoms with Crippen molar-refractivity contribution < 1.29 is 13.9 Å². The van der Waals surface area contributed by atoms with Gasteiger partial charge in [0.1, 0.15) is 5.69 Å². The molecular formula is C16H19F2N3O. The Kier molecular flexibility index (Phi) is 4.22. The summed E-state index contributed by atoms with van der Waals surface area (Å²) in [5.74, 6) is -0.869. The zero-order chi connectivity index (χ0) is 15.7. The monoisotopic (exact) mass is 307 g/mol. The fourth-order valence-electron chi connectivity index (χ4n) is 2.57. The van der Waals surface area contributed by atoms with Gasteiger partial charge in [-0.2, -0.15) is 5.10 Å². The molecule has 1 atom stereocenters. The first-order valence-electron chi connectivity index (χ1n) is 7.40. The summed E-state index contributed by atoms with van der Waals surface area (Å²) in [4.78, 5) is 1.97. The molecule has 0 amide bonds. The van der Waals surface area contributed by atoms with Crippen LogP contribution in [-0.2, 0) is 6.54 Å². The molecule has 1 fully saturated rings. The van der Waals surface area contributed by atoms with Gasteiger partial charge >= 0.3 is 0 Å². The Hall–Kier alpha value is -1.79. The molecule has 0 bridgehead atoms. The van der Waals surface area contributed by atoms with Gasteiger partial charge in [0.15, 0.2) is 11.6 Å². The number of likely N-dealkylation sites (N-methyl/N-ethyl adjacent to an activating group) is 1. The highest BCUT2D eigenvalue weighted by Crippen LogP contribution is 2.32. The second-order valence-corrected chi connectivity index (χ2v) is 5.92. The average molecular weight is 307 g/mol. The second kappa shape index (κ2) is 6.14. The Bertz CT molecular complexity index is 634. The smallest absolute Gasteiger partial charge is 0.151 e. The predicted molar refractivity (Wildman–Crippen MR) is 78.5 cm³/mol. The molecule has 1 aromatic heterocycles. The van der Waals surface area contributed by atoms with Crippen molar-refractivity contribution in [1.29, 1.82) is 0 Å². The molecule has 4 nitrogen and oxygen atoms in total. The van der Waals surface area contributed by atoms with Gasteiger partial charge < -0.3 is 5.11 Å². The lowest BCUT2D eigenvalue weighted by Crippen LogP contribution is -2.30. The minimum atomic E-state index is -0.646. The molecule has 1 unspecified atom stereocenters. The third kappa shape index (κ3) is 3.34. The van der Waals surface area contributed by atoms with Crippen LogP contribution in [0.5, 0.6) is 0 Å². The predicted octanol–water partition coefficient (Wildman–Crippen LogP) is 2.35. The number of para-hydroxylation sites is 1. The molecule has 0 saturated heterocycles. The molecule has 1 saturated carbocycles. The lowest BCUT2D eigenvalue weighted by Gasteiger charge is -2.19. The average Bonchev–Trinajstić information content (AvgIpc) is 3.21. The van der Waals surface area contributed by atoms with Gasteiger partial charge in [-0.15, -0.1) is 0 Å². The van der Waals surface area contributed by atoms with Gasteiger partial charge in [-0.1, -0.05) is 6.07 Å².